The Morgan fingerprint density at radius 2 is 2.12 bits per heavy atom. The average molecular weight is 271 g/mol. The van der Waals surface area contributed by atoms with Crippen molar-refractivity contribution in [3.05, 3.63) is 29.3 Å². The van der Waals surface area contributed by atoms with E-state index in [0.29, 0.717) is 22.2 Å². The Bertz CT molecular complexity index is 436. The van der Waals surface area contributed by atoms with Crippen LogP contribution in [0.2, 0.25) is 5.02 Å². The van der Waals surface area contributed by atoms with Gasteiger partial charge in [0.2, 0.25) is 11.8 Å². The van der Waals surface area contributed by atoms with Crippen LogP contribution in [-0.2, 0) is 9.59 Å². The summed E-state index contributed by atoms with van der Waals surface area (Å²) in [7, 11) is 0. The summed E-state index contributed by atoms with van der Waals surface area (Å²) in [6.07, 6.45) is 0. The highest BCUT2D eigenvalue weighted by atomic mass is 35.5. The summed E-state index contributed by atoms with van der Waals surface area (Å²) in [5.74, 6) is 0.723. The number of carbonyl (C=O) groups is 2. The van der Waals surface area contributed by atoms with Crippen LogP contribution in [0.15, 0.2) is 24.3 Å². The van der Waals surface area contributed by atoms with Crippen LogP contribution < -0.4 is 10.6 Å². The summed E-state index contributed by atoms with van der Waals surface area (Å²) in [6.45, 7) is 0. The molecule has 1 unspecified atom stereocenters. The maximum absolute atomic E-state index is 11.8. The first-order valence-electron chi connectivity index (χ1n) is 5.09. The molecule has 0 spiro atoms. The third-order valence-electron chi connectivity index (χ3n) is 2.28. The molecule has 6 heteroatoms. The number of halogens is 1. The molecule has 1 aliphatic rings. The van der Waals surface area contributed by atoms with Gasteiger partial charge in [0.05, 0.1) is 5.75 Å². The van der Waals surface area contributed by atoms with Gasteiger partial charge in [0.25, 0.3) is 0 Å². The minimum Gasteiger partial charge on any atom is -0.343 e. The second-order valence-electron chi connectivity index (χ2n) is 3.63. The van der Waals surface area contributed by atoms with Crippen molar-refractivity contribution in [3.63, 3.8) is 0 Å². The van der Waals surface area contributed by atoms with E-state index in [1.54, 1.807) is 24.3 Å². The fraction of sp³-hybridized carbons (Fsp3) is 0.273. The summed E-state index contributed by atoms with van der Waals surface area (Å²) >= 11 is 7.20. The van der Waals surface area contributed by atoms with Crippen molar-refractivity contribution in [2.24, 2.45) is 0 Å². The SMILES string of the molecule is O=C1CSCC(C(=O)Nc2ccc(Cl)cc2)N1. The summed E-state index contributed by atoms with van der Waals surface area (Å²) < 4.78 is 0. The Hall–Kier alpha value is -1.20. The number of amides is 2. The lowest BCUT2D eigenvalue weighted by Gasteiger charge is -2.21. The molecule has 2 amide bonds. The van der Waals surface area contributed by atoms with Gasteiger partial charge in [-0.25, -0.2) is 0 Å². The molecule has 1 saturated heterocycles. The topological polar surface area (TPSA) is 58.2 Å². The summed E-state index contributed by atoms with van der Waals surface area (Å²) in [5.41, 5.74) is 0.671. The minimum absolute atomic E-state index is 0.0995. The molecular weight excluding hydrogens is 260 g/mol. The number of hydrogen-bond acceptors (Lipinski definition) is 3. The van der Waals surface area contributed by atoms with Gasteiger partial charge in [-0.2, -0.15) is 0 Å². The van der Waals surface area contributed by atoms with E-state index in [9.17, 15) is 9.59 Å². The Morgan fingerprint density at radius 3 is 2.76 bits per heavy atom. The third-order valence-corrected chi connectivity index (χ3v) is 3.57. The number of nitrogens with one attached hydrogen (secondary N) is 2. The molecule has 1 aromatic rings. The van der Waals surface area contributed by atoms with Crippen molar-refractivity contribution >= 4 is 40.9 Å². The highest BCUT2D eigenvalue weighted by Crippen LogP contribution is 2.15. The molecule has 0 bridgehead atoms. The molecule has 17 heavy (non-hydrogen) atoms. The zero-order chi connectivity index (χ0) is 12.3. The van der Waals surface area contributed by atoms with Gasteiger partial charge in [-0.15, -0.1) is 11.8 Å². The van der Waals surface area contributed by atoms with Crippen LogP contribution in [0.1, 0.15) is 0 Å². The van der Waals surface area contributed by atoms with Gasteiger partial charge >= 0.3 is 0 Å². The highest BCUT2D eigenvalue weighted by Gasteiger charge is 2.24. The van der Waals surface area contributed by atoms with Gasteiger partial charge in [-0.05, 0) is 24.3 Å². The maximum atomic E-state index is 11.8. The lowest BCUT2D eigenvalue weighted by Crippen LogP contribution is -2.49. The van der Waals surface area contributed by atoms with Crippen LogP contribution in [0.5, 0.6) is 0 Å². The lowest BCUT2D eigenvalue weighted by molar-refractivity contribution is -0.124. The van der Waals surface area contributed by atoms with Gasteiger partial charge in [-0.3, -0.25) is 9.59 Å². The smallest absolute Gasteiger partial charge is 0.247 e. The monoisotopic (exact) mass is 270 g/mol. The molecule has 0 aliphatic carbocycles. The van der Waals surface area contributed by atoms with Crippen molar-refractivity contribution in [1.29, 1.82) is 0 Å². The Balaban J connectivity index is 1.96. The molecule has 2 rings (SSSR count). The number of carbonyl (C=O) groups excluding carboxylic acids is 2. The third kappa shape index (κ3) is 3.38. The number of thioether (sulfide) groups is 1. The summed E-state index contributed by atoms with van der Waals surface area (Å²) in [6, 6.07) is 6.38. The van der Waals surface area contributed by atoms with Gasteiger partial charge in [0, 0.05) is 16.5 Å². The average Bonchev–Trinajstić information content (AvgIpc) is 2.32. The predicted molar refractivity (Wildman–Crippen MR) is 69.3 cm³/mol. The first-order valence-corrected chi connectivity index (χ1v) is 6.62. The van der Waals surface area contributed by atoms with Gasteiger partial charge < -0.3 is 10.6 Å². The standard InChI is InChI=1S/C11H11ClN2O2S/c12-7-1-3-8(4-2-7)13-11(16)9-5-17-6-10(15)14-9/h1-4,9H,5-6H2,(H,13,16)(H,14,15). The number of benzene rings is 1. The normalized spacial score (nSPS) is 19.6. The molecule has 1 aliphatic heterocycles. The molecule has 4 nitrogen and oxygen atoms in total. The second-order valence-corrected chi connectivity index (χ2v) is 5.10. The largest absolute Gasteiger partial charge is 0.343 e. The molecule has 0 aromatic heterocycles. The zero-order valence-corrected chi connectivity index (χ0v) is 10.5. The fourth-order valence-electron chi connectivity index (χ4n) is 1.45. The first-order chi connectivity index (χ1) is 8.15. The van der Waals surface area contributed by atoms with Crippen molar-refractivity contribution in [1.82, 2.24) is 5.32 Å². The number of hydrogen-bond donors (Lipinski definition) is 2. The zero-order valence-electron chi connectivity index (χ0n) is 8.90. The Kier molecular flexibility index (Phi) is 3.91. The Morgan fingerprint density at radius 1 is 1.41 bits per heavy atom. The lowest BCUT2D eigenvalue weighted by atomic mass is 10.2. The molecule has 0 saturated carbocycles. The number of anilines is 1. The summed E-state index contributed by atoms with van der Waals surface area (Å²) in [5, 5.41) is 6.00. The van der Waals surface area contributed by atoms with E-state index in [1.807, 2.05) is 0 Å². The minimum atomic E-state index is -0.461. The van der Waals surface area contributed by atoms with E-state index in [1.165, 1.54) is 11.8 Å². The van der Waals surface area contributed by atoms with Gasteiger partial charge in [0.15, 0.2) is 0 Å². The van der Waals surface area contributed by atoms with Crippen LogP contribution in [0.25, 0.3) is 0 Å². The van der Waals surface area contributed by atoms with Crippen LogP contribution in [0.4, 0.5) is 5.69 Å². The first kappa shape index (κ1) is 12.3. The van der Waals surface area contributed by atoms with Crippen molar-refractivity contribution in [3.8, 4) is 0 Å². The fourth-order valence-corrected chi connectivity index (χ4v) is 2.43. The molecule has 1 atom stereocenters. The van der Waals surface area contributed by atoms with Gasteiger partial charge in [0.1, 0.15) is 6.04 Å². The molecule has 1 fully saturated rings. The van der Waals surface area contributed by atoms with E-state index in [4.69, 9.17) is 11.6 Å². The number of rotatable bonds is 2. The molecule has 2 N–H and O–H groups in total. The van der Waals surface area contributed by atoms with Crippen molar-refractivity contribution < 1.29 is 9.59 Å². The molecular formula is C11H11ClN2O2S. The van der Waals surface area contributed by atoms with E-state index in [2.05, 4.69) is 10.6 Å². The molecule has 0 radical (unpaired) electrons. The van der Waals surface area contributed by atoms with Crippen molar-refractivity contribution in [2.75, 3.05) is 16.8 Å². The maximum Gasteiger partial charge on any atom is 0.247 e. The molecule has 90 valence electrons. The quantitative estimate of drug-likeness (QED) is 0.856. The van der Waals surface area contributed by atoms with E-state index < -0.39 is 6.04 Å². The molecule has 1 aromatic carbocycles. The van der Waals surface area contributed by atoms with Crippen molar-refractivity contribution in [2.45, 2.75) is 6.04 Å². The van der Waals surface area contributed by atoms with E-state index in [-0.39, 0.29) is 11.8 Å². The van der Waals surface area contributed by atoms with Crippen LogP contribution in [-0.4, -0.2) is 29.4 Å². The Labute approximate surface area is 108 Å². The van der Waals surface area contributed by atoms with Gasteiger partial charge in [-0.1, -0.05) is 11.6 Å². The van der Waals surface area contributed by atoms with E-state index >= 15 is 0 Å². The van der Waals surface area contributed by atoms with Crippen LogP contribution >= 0.6 is 23.4 Å². The highest BCUT2D eigenvalue weighted by molar-refractivity contribution is 8.00. The second kappa shape index (κ2) is 5.42. The van der Waals surface area contributed by atoms with Crippen LogP contribution in [0, 0.1) is 0 Å². The predicted octanol–water partition coefficient (Wildman–Crippen LogP) is 1.51. The van der Waals surface area contributed by atoms with Crippen LogP contribution in [0.3, 0.4) is 0 Å². The van der Waals surface area contributed by atoms with E-state index in [0.717, 1.165) is 0 Å². The molecule has 1 heterocycles. The summed E-state index contributed by atoms with van der Waals surface area (Å²) in [4.78, 5) is 23.0.